The first-order chi connectivity index (χ1) is 12.4. The Morgan fingerprint density at radius 1 is 1.27 bits per heavy atom. The third kappa shape index (κ3) is 4.05. The van der Waals surface area contributed by atoms with Gasteiger partial charge >= 0.3 is 0 Å². The van der Waals surface area contributed by atoms with Crippen molar-refractivity contribution in [3.8, 4) is 5.75 Å². The van der Waals surface area contributed by atoms with Crippen molar-refractivity contribution in [3.63, 3.8) is 0 Å². The summed E-state index contributed by atoms with van der Waals surface area (Å²) in [4.78, 5) is 27.3. The van der Waals surface area contributed by atoms with Gasteiger partial charge in [-0.1, -0.05) is 6.07 Å². The summed E-state index contributed by atoms with van der Waals surface area (Å²) in [6, 6.07) is 9.07. The normalized spacial score (nSPS) is 13.5. The number of furan rings is 1. The number of carbonyl (C=O) groups excluding carboxylic acids is 2. The lowest BCUT2D eigenvalue weighted by Crippen LogP contribution is -3.06. The Balaban J connectivity index is 1.70. The molecule has 0 saturated heterocycles. The highest BCUT2D eigenvalue weighted by Crippen LogP contribution is 2.34. The standard InChI is InChI=1S/C19H23N3O4/c1-13-4-6-16-15(10-13)22(18(23)12-25-16)11-14-5-7-17(26-14)19(24)20-8-9-21(2)3/h4-7,10H,8-9,11-12H2,1-3H3,(H,20,24)/p+1. The first kappa shape index (κ1) is 18.0. The van der Waals surface area contributed by atoms with Crippen LogP contribution in [0.5, 0.6) is 5.75 Å². The quantitative estimate of drug-likeness (QED) is 0.783. The minimum atomic E-state index is -0.248. The van der Waals surface area contributed by atoms with E-state index in [1.807, 2.05) is 39.2 Å². The predicted molar refractivity (Wildman–Crippen MR) is 96.6 cm³/mol. The molecule has 0 bridgehead atoms. The van der Waals surface area contributed by atoms with Crippen LogP contribution >= 0.6 is 0 Å². The van der Waals surface area contributed by atoms with Crippen LogP contribution in [-0.2, 0) is 11.3 Å². The van der Waals surface area contributed by atoms with Gasteiger partial charge in [0.15, 0.2) is 12.4 Å². The van der Waals surface area contributed by atoms with Gasteiger partial charge in [0, 0.05) is 0 Å². The molecule has 1 aromatic carbocycles. The second-order valence-electron chi connectivity index (χ2n) is 6.72. The molecular formula is C19H24N3O4+. The molecule has 26 heavy (non-hydrogen) atoms. The second kappa shape index (κ2) is 7.61. The molecule has 3 rings (SSSR count). The summed E-state index contributed by atoms with van der Waals surface area (Å²) in [6.45, 7) is 3.62. The van der Waals surface area contributed by atoms with Gasteiger partial charge in [0.25, 0.3) is 11.8 Å². The number of hydrogen-bond donors (Lipinski definition) is 2. The molecule has 0 spiro atoms. The van der Waals surface area contributed by atoms with E-state index in [4.69, 9.17) is 9.15 Å². The SMILES string of the molecule is Cc1ccc2c(c1)N(Cc1ccc(C(=O)NCC[NH+](C)C)o1)C(=O)CO2. The lowest BCUT2D eigenvalue weighted by Gasteiger charge is -2.29. The Hall–Kier alpha value is -2.80. The molecule has 138 valence electrons. The zero-order valence-corrected chi connectivity index (χ0v) is 15.3. The molecule has 7 nitrogen and oxygen atoms in total. The average Bonchev–Trinajstić information content (AvgIpc) is 3.06. The minimum absolute atomic E-state index is 0.00299. The van der Waals surface area contributed by atoms with Crippen LogP contribution in [0.2, 0.25) is 0 Å². The van der Waals surface area contributed by atoms with E-state index in [2.05, 4.69) is 5.32 Å². The Morgan fingerprint density at radius 3 is 2.85 bits per heavy atom. The van der Waals surface area contributed by atoms with E-state index in [0.29, 0.717) is 18.1 Å². The summed E-state index contributed by atoms with van der Waals surface area (Å²) in [5, 5.41) is 2.83. The molecule has 1 aromatic heterocycles. The number of anilines is 1. The van der Waals surface area contributed by atoms with Crippen molar-refractivity contribution in [1.82, 2.24) is 5.32 Å². The van der Waals surface area contributed by atoms with Gasteiger partial charge in [0.05, 0.1) is 39.4 Å². The number of hydrogen-bond acceptors (Lipinski definition) is 4. The minimum Gasteiger partial charge on any atom is -0.482 e. The van der Waals surface area contributed by atoms with E-state index in [1.54, 1.807) is 17.0 Å². The smallest absolute Gasteiger partial charge is 0.287 e. The van der Waals surface area contributed by atoms with Gasteiger partial charge in [0.1, 0.15) is 11.5 Å². The van der Waals surface area contributed by atoms with Crippen molar-refractivity contribution in [3.05, 3.63) is 47.4 Å². The zero-order chi connectivity index (χ0) is 18.7. The van der Waals surface area contributed by atoms with Crippen molar-refractivity contribution in [2.24, 2.45) is 0 Å². The van der Waals surface area contributed by atoms with Crippen molar-refractivity contribution < 1.29 is 23.6 Å². The molecule has 1 aliphatic rings. The summed E-state index contributed by atoms with van der Waals surface area (Å²) in [7, 11) is 4.05. The van der Waals surface area contributed by atoms with Gasteiger partial charge in [0.2, 0.25) is 0 Å². The molecule has 2 aromatic rings. The van der Waals surface area contributed by atoms with Crippen LogP contribution in [0.15, 0.2) is 34.7 Å². The first-order valence-corrected chi connectivity index (χ1v) is 8.64. The number of benzene rings is 1. The number of aryl methyl sites for hydroxylation is 1. The molecule has 7 heteroatoms. The van der Waals surface area contributed by atoms with E-state index in [9.17, 15) is 9.59 Å². The fourth-order valence-corrected chi connectivity index (χ4v) is 2.74. The van der Waals surface area contributed by atoms with Crippen LogP contribution in [0.25, 0.3) is 0 Å². The van der Waals surface area contributed by atoms with Gasteiger partial charge in [-0.25, -0.2) is 0 Å². The summed E-state index contributed by atoms with van der Waals surface area (Å²) in [6.07, 6.45) is 0. The average molecular weight is 358 g/mol. The molecule has 0 saturated carbocycles. The lowest BCUT2D eigenvalue weighted by molar-refractivity contribution is -0.856. The van der Waals surface area contributed by atoms with Gasteiger partial charge in [-0.2, -0.15) is 0 Å². The van der Waals surface area contributed by atoms with E-state index in [-0.39, 0.29) is 30.7 Å². The molecule has 0 unspecified atom stereocenters. The molecule has 0 atom stereocenters. The molecule has 1 aliphatic heterocycles. The fourth-order valence-electron chi connectivity index (χ4n) is 2.74. The number of amides is 2. The molecule has 0 fully saturated rings. The Morgan fingerprint density at radius 2 is 2.08 bits per heavy atom. The van der Waals surface area contributed by atoms with Crippen molar-refractivity contribution in [2.45, 2.75) is 13.5 Å². The van der Waals surface area contributed by atoms with Crippen LogP contribution in [0.3, 0.4) is 0 Å². The number of likely N-dealkylation sites (N-methyl/N-ethyl adjacent to an activating group) is 1. The Bertz CT molecular complexity index is 813. The van der Waals surface area contributed by atoms with Crippen LogP contribution in [0.4, 0.5) is 5.69 Å². The van der Waals surface area contributed by atoms with Gasteiger partial charge < -0.3 is 19.4 Å². The number of nitrogens with one attached hydrogen (secondary N) is 2. The lowest BCUT2D eigenvalue weighted by atomic mass is 10.1. The Kier molecular flexibility index (Phi) is 5.27. The van der Waals surface area contributed by atoms with E-state index < -0.39 is 0 Å². The van der Waals surface area contributed by atoms with Crippen molar-refractivity contribution >= 4 is 17.5 Å². The number of fused-ring (bicyclic) bond motifs is 1. The van der Waals surface area contributed by atoms with Crippen LogP contribution < -0.4 is 19.9 Å². The van der Waals surface area contributed by atoms with Crippen LogP contribution in [-0.4, -0.2) is 45.6 Å². The first-order valence-electron chi connectivity index (χ1n) is 8.64. The maximum atomic E-state index is 12.3. The summed E-state index contributed by atoms with van der Waals surface area (Å²) < 4.78 is 11.1. The number of ether oxygens (including phenoxy) is 1. The topological polar surface area (TPSA) is 76.2 Å². The summed E-state index contributed by atoms with van der Waals surface area (Å²) in [5.41, 5.74) is 1.76. The zero-order valence-electron chi connectivity index (χ0n) is 15.3. The molecule has 2 amide bonds. The van der Waals surface area contributed by atoms with Crippen LogP contribution in [0, 0.1) is 6.92 Å². The molecule has 0 radical (unpaired) electrons. The third-order valence-electron chi connectivity index (χ3n) is 4.17. The van der Waals surface area contributed by atoms with Gasteiger partial charge in [-0.05, 0) is 36.8 Å². The molecule has 2 heterocycles. The highest BCUT2D eigenvalue weighted by molar-refractivity contribution is 5.97. The molecule has 2 N–H and O–H groups in total. The maximum Gasteiger partial charge on any atom is 0.287 e. The fraction of sp³-hybridized carbons (Fsp3) is 0.368. The van der Waals surface area contributed by atoms with E-state index in [1.165, 1.54) is 4.90 Å². The van der Waals surface area contributed by atoms with E-state index >= 15 is 0 Å². The van der Waals surface area contributed by atoms with Crippen LogP contribution in [0.1, 0.15) is 21.9 Å². The summed E-state index contributed by atoms with van der Waals surface area (Å²) in [5.74, 6) is 1.09. The number of carbonyl (C=O) groups is 2. The Labute approximate surface area is 152 Å². The second-order valence-corrected chi connectivity index (χ2v) is 6.72. The highest BCUT2D eigenvalue weighted by atomic mass is 16.5. The van der Waals surface area contributed by atoms with E-state index in [0.717, 1.165) is 17.8 Å². The molecule has 0 aliphatic carbocycles. The highest BCUT2D eigenvalue weighted by Gasteiger charge is 2.27. The monoisotopic (exact) mass is 358 g/mol. The number of rotatable bonds is 6. The molecular weight excluding hydrogens is 334 g/mol. The van der Waals surface area contributed by atoms with Crippen molar-refractivity contribution in [1.29, 1.82) is 0 Å². The largest absolute Gasteiger partial charge is 0.482 e. The maximum absolute atomic E-state index is 12.3. The third-order valence-corrected chi connectivity index (χ3v) is 4.17. The predicted octanol–water partition coefficient (Wildman–Crippen LogP) is 0.388. The van der Waals surface area contributed by atoms with Gasteiger partial charge in [-0.3, -0.25) is 14.5 Å². The number of nitrogens with zero attached hydrogens (tertiary/aromatic N) is 1. The van der Waals surface area contributed by atoms with Crippen molar-refractivity contribution in [2.75, 3.05) is 38.7 Å². The number of quaternary nitrogens is 1. The summed E-state index contributed by atoms with van der Waals surface area (Å²) >= 11 is 0. The van der Waals surface area contributed by atoms with Gasteiger partial charge in [-0.15, -0.1) is 0 Å².